The highest BCUT2D eigenvalue weighted by molar-refractivity contribution is 7.09. The van der Waals surface area contributed by atoms with Gasteiger partial charge in [-0.05, 0) is 49.4 Å². The van der Waals surface area contributed by atoms with Gasteiger partial charge in [-0.3, -0.25) is 4.79 Å². The summed E-state index contributed by atoms with van der Waals surface area (Å²) in [6, 6.07) is 14.3. The molecule has 0 saturated heterocycles. The average Bonchev–Trinajstić information content (AvgIpc) is 3.46. The minimum atomic E-state index is -4.50. The van der Waals surface area contributed by atoms with Crippen LogP contribution in [0.15, 0.2) is 59.6 Å². The van der Waals surface area contributed by atoms with E-state index < -0.39 is 17.6 Å². The van der Waals surface area contributed by atoms with E-state index in [9.17, 15) is 18.0 Å². The molecule has 29 heavy (non-hydrogen) atoms. The Labute approximate surface area is 170 Å². The number of thiazole rings is 1. The van der Waals surface area contributed by atoms with Crippen LogP contribution in [0.5, 0.6) is 0 Å². The van der Waals surface area contributed by atoms with Crippen LogP contribution >= 0.6 is 11.3 Å². The molecule has 3 aromatic rings. The molecular formula is C22H19F3N2OS. The molecule has 1 aliphatic carbocycles. The molecule has 1 aliphatic rings. The Morgan fingerprint density at radius 2 is 1.86 bits per heavy atom. The van der Waals surface area contributed by atoms with Gasteiger partial charge >= 0.3 is 6.18 Å². The van der Waals surface area contributed by atoms with Gasteiger partial charge in [0.05, 0.1) is 11.3 Å². The molecule has 1 saturated carbocycles. The quantitative estimate of drug-likeness (QED) is 0.538. The van der Waals surface area contributed by atoms with Crippen LogP contribution in [0.4, 0.5) is 13.2 Å². The summed E-state index contributed by atoms with van der Waals surface area (Å²) in [5, 5.41) is 0. The first-order valence-corrected chi connectivity index (χ1v) is 10.2. The number of nitrogens with zero attached hydrogens (tertiary/aromatic N) is 2. The number of aryl methyl sites for hydroxylation is 1. The second kappa shape index (κ2) is 7.63. The zero-order valence-corrected chi connectivity index (χ0v) is 16.6. The summed E-state index contributed by atoms with van der Waals surface area (Å²) < 4.78 is 41.0. The van der Waals surface area contributed by atoms with Gasteiger partial charge in [0, 0.05) is 17.0 Å². The molecule has 0 aliphatic heterocycles. The Morgan fingerprint density at radius 3 is 2.52 bits per heavy atom. The first-order chi connectivity index (χ1) is 13.8. The minimum absolute atomic E-state index is 0.0647. The Kier molecular flexibility index (Phi) is 5.17. The molecule has 1 fully saturated rings. The molecule has 2 aromatic carbocycles. The van der Waals surface area contributed by atoms with Crippen molar-refractivity contribution in [2.24, 2.45) is 10.9 Å². The second-order valence-electron chi connectivity index (χ2n) is 7.20. The van der Waals surface area contributed by atoms with Crippen molar-refractivity contribution >= 4 is 17.2 Å². The van der Waals surface area contributed by atoms with Crippen molar-refractivity contribution in [1.29, 1.82) is 0 Å². The SMILES string of the molecule is Cc1sc(=NC(=O)c2cccc(C(F)(F)F)c2)n(CC2CC2)c1-c1ccccc1. The summed E-state index contributed by atoms with van der Waals surface area (Å²) in [7, 11) is 0. The van der Waals surface area contributed by atoms with E-state index in [2.05, 4.69) is 4.99 Å². The Balaban J connectivity index is 1.78. The van der Waals surface area contributed by atoms with Crippen LogP contribution in [-0.4, -0.2) is 10.5 Å². The highest BCUT2D eigenvalue weighted by atomic mass is 32.1. The third-order valence-electron chi connectivity index (χ3n) is 4.90. The number of aromatic nitrogens is 1. The first kappa shape index (κ1) is 19.6. The molecule has 4 rings (SSSR count). The van der Waals surface area contributed by atoms with E-state index in [4.69, 9.17) is 0 Å². The van der Waals surface area contributed by atoms with Crippen molar-refractivity contribution in [1.82, 2.24) is 4.57 Å². The van der Waals surface area contributed by atoms with Crippen LogP contribution in [-0.2, 0) is 12.7 Å². The minimum Gasteiger partial charge on any atom is -0.316 e. The summed E-state index contributed by atoms with van der Waals surface area (Å²) in [5.41, 5.74) is 1.13. The largest absolute Gasteiger partial charge is 0.416 e. The highest BCUT2D eigenvalue weighted by Gasteiger charge is 2.31. The summed E-state index contributed by atoms with van der Waals surface area (Å²) in [6.07, 6.45) is -2.23. The molecule has 1 heterocycles. The average molecular weight is 416 g/mol. The van der Waals surface area contributed by atoms with Crippen molar-refractivity contribution < 1.29 is 18.0 Å². The van der Waals surface area contributed by atoms with Gasteiger partial charge < -0.3 is 4.57 Å². The lowest BCUT2D eigenvalue weighted by molar-refractivity contribution is -0.137. The molecule has 1 amide bonds. The molecule has 0 N–H and O–H groups in total. The van der Waals surface area contributed by atoms with E-state index in [1.54, 1.807) is 0 Å². The van der Waals surface area contributed by atoms with Gasteiger partial charge in [0.25, 0.3) is 5.91 Å². The number of carbonyl (C=O) groups excluding carboxylic acids is 1. The molecule has 3 nitrogen and oxygen atoms in total. The van der Waals surface area contributed by atoms with Gasteiger partial charge in [-0.25, -0.2) is 0 Å². The maximum absolute atomic E-state index is 13.0. The summed E-state index contributed by atoms with van der Waals surface area (Å²) in [4.78, 5) is 18.4. The number of hydrogen-bond acceptors (Lipinski definition) is 2. The summed E-state index contributed by atoms with van der Waals surface area (Å²) >= 11 is 1.39. The fourth-order valence-electron chi connectivity index (χ4n) is 3.27. The zero-order chi connectivity index (χ0) is 20.6. The maximum Gasteiger partial charge on any atom is 0.416 e. The molecule has 150 valence electrons. The van der Waals surface area contributed by atoms with Gasteiger partial charge in [0.1, 0.15) is 0 Å². The predicted molar refractivity (Wildman–Crippen MR) is 107 cm³/mol. The number of amides is 1. The first-order valence-electron chi connectivity index (χ1n) is 9.35. The smallest absolute Gasteiger partial charge is 0.316 e. The summed E-state index contributed by atoms with van der Waals surface area (Å²) in [5.74, 6) is -0.115. The van der Waals surface area contributed by atoms with E-state index in [1.807, 2.05) is 41.8 Å². The van der Waals surface area contributed by atoms with Crippen molar-refractivity contribution in [2.45, 2.75) is 32.5 Å². The van der Waals surface area contributed by atoms with Gasteiger partial charge in [-0.1, -0.05) is 36.4 Å². The van der Waals surface area contributed by atoms with E-state index >= 15 is 0 Å². The number of benzene rings is 2. The molecular weight excluding hydrogens is 397 g/mol. The molecule has 0 radical (unpaired) electrons. The number of alkyl halides is 3. The summed E-state index contributed by atoms with van der Waals surface area (Å²) in [6.45, 7) is 2.73. The van der Waals surface area contributed by atoms with E-state index in [0.29, 0.717) is 10.7 Å². The molecule has 7 heteroatoms. The third-order valence-corrected chi connectivity index (χ3v) is 5.89. The van der Waals surface area contributed by atoms with Crippen LogP contribution in [0.3, 0.4) is 0 Å². The Morgan fingerprint density at radius 1 is 1.14 bits per heavy atom. The number of halogens is 3. The highest BCUT2D eigenvalue weighted by Crippen LogP contribution is 2.34. The fraction of sp³-hybridized carbons (Fsp3) is 0.273. The van der Waals surface area contributed by atoms with Gasteiger partial charge in [-0.15, -0.1) is 11.3 Å². The molecule has 0 atom stereocenters. The Hall–Kier alpha value is -2.67. The second-order valence-corrected chi connectivity index (χ2v) is 8.39. The lowest BCUT2D eigenvalue weighted by Gasteiger charge is -2.10. The normalized spacial score (nSPS) is 15.0. The predicted octanol–water partition coefficient (Wildman–Crippen LogP) is 5.69. The van der Waals surface area contributed by atoms with Crippen molar-refractivity contribution in [3.8, 4) is 11.3 Å². The van der Waals surface area contributed by atoms with Crippen LogP contribution < -0.4 is 4.80 Å². The van der Waals surface area contributed by atoms with Crippen molar-refractivity contribution in [3.05, 3.63) is 75.4 Å². The van der Waals surface area contributed by atoms with Crippen LogP contribution in [0.25, 0.3) is 11.3 Å². The third kappa shape index (κ3) is 4.34. The van der Waals surface area contributed by atoms with Crippen molar-refractivity contribution in [3.63, 3.8) is 0 Å². The van der Waals surface area contributed by atoms with Gasteiger partial charge in [0.2, 0.25) is 0 Å². The Bertz CT molecular complexity index is 1110. The zero-order valence-electron chi connectivity index (χ0n) is 15.7. The molecule has 0 spiro atoms. The molecule has 0 bridgehead atoms. The van der Waals surface area contributed by atoms with Crippen LogP contribution in [0, 0.1) is 12.8 Å². The van der Waals surface area contributed by atoms with Crippen LogP contribution in [0.1, 0.15) is 33.6 Å². The molecule has 1 aromatic heterocycles. The standard InChI is InChI=1S/C22H19F3N2OS/c1-14-19(16-6-3-2-4-7-16)27(13-15-10-11-15)21(29-14)26-20(28)17-8-5-9-18(12-17)22(23,24)25/h2-9,12,15H,10-11,13H2,1H3. The van der Waals surface area contributed by atoms with E-state index in [0.717, 1.165) is 47.7 Å². The maximum atomic E-state index is 13.0. The van der Waals surface area contributed by atoms with Crippen molar-refractivity contribution in [2.75, 3.05) is 0 Å². The lowest BCUT2D eigenvalue weighted by Crippen LogP contribution is -2.19. The molecule has 0 unspecified atom stereocenters. The fourth-order valence-corrected chi connectivity index (χ4v) is 4.28. The van der Waals surface area contributed by atoms with Gasteiger partial charge in [0.15, 0.2) is 4.80 Å². The van der Waals surface area contributed by atoms with E-state index in [-0.39, 0.29) is 5.56 Å². The number of hydrogen-bond donors (Lipinski definition) is 0. The monoisotopic (exact) mass is 416 g/mol. The number of carbonyl (C=O) groups is 1. The lowest BCUT2D eigenvalue weighted by atomic mass is 10.1. The number of rotatable bonds is 4. The topological polar surface area (TPSA) is 34.4 Å². The van der Waals surface area contributed by atoms with E-state index in [1.165, 1.54) is 23.5 Å². The van der Waals surface area contributed by atoms with Gasteiger partial charge in [-0.2, -0.15) is 18.2 Å². The van der Waals surface area contributed by atoms with Crippen LogP contribution in [0.2, 0.25) is 0 Å².